The predicted octanol–water partition coefficient (Wildman–Crippen LogP) is 8.62. The van der Waals surface area contributed by atoms with Gasteiger partial charge in [-0.1, -0.05) is 86.7 Å². The summed E-state index contributed by atoms with van der Waals surface area (Å²) in [6, 6.07) is 9.55. The van der Waals surface area contributed by atoms with Crippen molar-refractivity contribution in [3.05, 3.63) is 67.9 Å². The third kappa shape index (κ3) is 7.61. The van der Waals surface area contributed by atoms with Crippen molar-refractivity contribution in [1.29, 1.82) is 0 Å². The third-order valence-electron chi connectivity index (χ3n) is 5.26. The molecule has 2 aromatic carbocycles. The molecule has 1 aliphatic heterocycles. The molecule has 2 heterocycles. The second kappa shape index (κ2) is 14.1. The Kier molecular flexibility index (Phi) is 11.9. The minimum atomic E-state index is 0.484. The van der Waals surface area contributed by atoms with Gasteiger partial charge in [0.2, 0.25) is 11.4 Å². The molecule has 0 fully saturated rings. The lowest BCUT2D eigenvalue weighted by atomic mass is 10.2. The zero-order valence-corrected chi connectivity index (χ0v) is 24.4. The number of thiazole rings is 1. The maximum Gasteiger partial charge on any atom is 0.262 e. The first-order chi connectivity index (χ1) is 16.7. The Morgan fingerprint density at radius 3 is 2.29 bits per heavy atom. The number of ether oxygens (including phenoxy) is 1. The van der Waals surface area contributed by atoms with Crippen LogP contribution in [0.15, 0.2) is 47.9 Å². The Balaban J connectivity index is 0.000000551. The normalized spacial score (nSPS) is 13.7. The highest BCUT2D eigenvalue weighted by molar-refractivity contribution is 7.18. The number of hydrogen-bond acceptors (Lipinski definition) is 4. The van der Waals surface area contributed by atoms with Crippen LogP contribution in [0.25, 0.3) is 16.3 Å². The summed E-state index contributed by atoms with van der Waals surface area (Å²) in [5.74, 6) is 1.45. The summed E-state index contributed by atoms with van der Waals surface area (Å²) in [6.45, 7) is 9.14. The van der Waals surface area contributed by atoms with E-state index in [0.717, 1.165) is 45.7 Å². The van der Waals surface area contributed by atoms with Crippen LogP contribution >= 0.6 is 46.1 Å². The lowest BCUT2D eigenvalue weighted by Gasteiger charge is -2.11. The van der Waals surface area contributed by atoms with Crippen LogP contribution in [-0.2, 0) is 7.05 Å². The van der Waals surface area contributed by atoms with Crippen LogP contribution in [0.1, 0.15) is 52.0 Å². The number of aromatic nitrogens is 1. The molecule has 1 aromatic heterocycles. The highest BCUT2D eigenvalue weighted by atomic mass is 35.5. The average Bonchev–Trinajstić information content (AvgIpc) is 3.30. The topological polar surface area (TPSA) is 42.4 Å². The molecule has 0 saturated heterocycles. The van der Waals surface area contributed by atoms with Gasteiger partial charge in [-0.3, -0.25) is 0 Å². The first-order valence-electron chi connectivity index (χ1n) is 11.8. The van der Waals surface area contributed by atoms with Crippen LogP contribution in [0, 0.1) is 0 Å². The Bertz CT molecular complexity index is 1200. The SMILES string of the molecule is CCC(=Cc1sc2ccc(Cl)cc2[n+]1C)C=C1Oc2cc(Cl)c(Cl)cc2N1C.CCCC.CCN. The molecule has 8 heteroatoms. The summed E-state index contributed by atoms with van der Waals surface area (Å²) in [7, 11) is 4.01. The fourth-order valence-electron chi connectivity index (χ4n) is 3.12. The quantitative estimate of drug-likeness (QED) is 0.328. The van der Waals surface area contributed by atoms with Gasteiger partial charge < -0.3 is 15.4 Å². The van der Waals surface area contributed by atoms with Gasteiger partial charge in [0.15, 0.2) is 5.75 Å². The molecule has 4 nitrogen and oxygen atoms in total. The average molecular weight is 556 g/mol. The van der Waals surface area contributed by atoms with Gasteiger partial charge in [-0.15, -0.1) is 0 Å². The van der Waals surface area contributed by atoms with Crippen molar-refractivity contribution < 1.29 is 9.30 Å². The number of halogens is 3. The minimum Gasteiger partial charge on any atom is -0.439 e. The van der Waals surface area contributed by atoms with Crippen LogP contribution in [0.2, 0.25) is 15.1 Å². The molecule has 1 aliphatic rings. The van der Waals surface area contributed by atoms with Crippen molar-refractivity contribution in [2.24, 2.45) is 12.8 Å². The molecule has 0 unspecified atom stereocenters. The number of hydrogen-bond donors (Lipinski definition) is 1. The van der Waals surface area contributed by atoms with Gasteiger partial charge in [0.25, 0.3) is 5.01 Å². The van der Waals surface area contributed by atoms with E-state index in [4.69, 9.17) is 45.3 Å². The fraction of sp³-hybridized carbons (Fsp3) is 0.370. The molecule has 0 spiro atoms. The molecule has 0 atom stereocenters. The monoisotopic (exact) mass is 554 g/mol. The van der Waals surface area contributed by atoms with Crippen LogP contribution in [0.5, 0.6) is 5.75 Å². The van der Waals surface area contributed by atoms with Crippen LogP contribution < -0.4 is 19.9 Å². The molecule has 190 valence electrons. The largest absolute Gasteiger partial charge is 0.439 e. The van der Waals surface area contributed by atoms with Crippen LogP contribution in [0.3, 0.4) is 0 Å². The number of nitrogens with zero attached hydrogens (tertiary/aromatic N) is 2. The summed E-state index contributed by atoms with van der Waals surface area (Å²) >= 11 is 20.2. The molecule has 4 rings (SSSR count). The first-order valence-corrected chi connectivity index (χ1v) is 13.8. The fourth-order valence-corrected chi connectivity index (χ4v) is 4.70. The molecular formula is C27H35Cl3N3OS+. The van der Waals surface area contributed by atoms with Crippen molar-refractivity contribution in [3.8, 4) is 5.75 Å². The Morgan fingerprint density at radius 2 is 1.69 bits per heavy atom. The number of rotatable bonds is 4. The number of aryl methyl sites for hydroxylation is 1. The maximum absolute atomic E-state index is 6.16. The minimum absolute atomic E-state index is 0.484. The van der Waals surface area contributed by atoms with Crippen molar-refractivity contribution in [2.45, 2.75) is 47.0 Å². The van der Waals surface area contributed by atoms with Gasteiger partial charge >= 0.3 is 0 Å². The van der Waals surface area contributed by atoms with Crippen LogP contribution in [-0.4, -0.2) is 13.6 Å². The van der Waals surface area contributed by atoms with Gasteiger partial charge in [0.1, 0.15) is 11.7 Å². The number of fused-ring (bicyclic) bond motifs is 2. The highest BCUT2D eigenvalue weighted by Gasteiger charge is 2.25. The van der Waals surface area contributed by atoms with Gasteiger partial charge in [0.05, 0.1) is 15.7 Å². The summed E-state index contributed by atoms with van der Waals surface area (Å²) in [5.41, 5.74) is 8.02. The Hall–Kier alpha value is -1.76. The Morgan fingerprint density at radius 1 is 1.06 bits per heavy atom. The van der Waals surface area contributed by atoms with Gasteiger partial charge in [0, 0.05) is 36.4 Å². The van der Waals surface area contributed by atoms with E-state index in [-0.39, 0.29) is 0 Å². The summed E-state index contributed by atoms with van der Waals surface area (Å²) in [4.78, 5) is 1.98. The maximum atomic E-state index is 6.16. The van der Waals surface area contributed by atoms with Crippen molar-refractivity contribution in [1.82, 2.24) is 0 Å². The molecule has 35 heavy (non-hydrogen) atoms. The summed E-state index contributed by atoms with van der Waals surface area (Å²) in [5, 5.41) is 2.89. The molecule has 0 saturated carbocycles. The van der Waals surface area contributed by atoms with E-state index in [1.54, 1.807) is 17.4 Å². The van der Waals surface area contributed by atoms with E-state index in [2.05, 4.69) is 50.6 Å². The lowest BCUT2D eigenvalue weighted by molar-refractivity contribution is -0.642. The number of allylic oxidation sites excluding steroid dienone is 2. The lowest BCUT2D eigenvalue weighted by Crippen LogP contribution is -2.29. The molecule has 0 amide bonds. The standard InChI is InChI=1S/C21H18Cl3N2OS.C4H10.C2H7N/c1-4-12(8-21-26(3)17-9-13(22)5-6-19(17)28-21)7-20-25(2)16-10-14(23)15(24)11-18(16)27-20;1-3-4-2;1-2-3/h5-11H,4H2,1-3H3;3-4H2,1-2H3;2-3H2,1H3/q+1;;. The molecular weight excluding hydrogens is 521 g/mol. The van der Waals surface area contributed by atoms with E-state index in [1.165, 1.54) is 17.5 Å². The highest BCUT2D eigenvalue weighted by Crippen LogP contribution is 2.43. The summed E-state index contributed by atoms with van der Waals surface area (Å²) in [6.07, 6.45) is 7.75. The number of unbranched alkanes of at least 4 members (excludes halogenated alkanes) is 1. The zero-order chi connectivity index (χ0) is 26.1. The van der Waals surface area contributed by atoms with Crippen molar-refractivity contribution >= 4 is 68.1 Å². The smallest absolute Gasteiger partial charge is 0.262 e. The third-order valence-corrected chi connectivity index (χ3v) is 7.38. The van der Waals surface area contributed by atoms with E-state index in [0.29, 0.717) is 15.8 Å². The predicted molar refractivity (Wildman–Crippen MR) is 155 cm³/mol. The number of benzene rings is 2. The molecule has 0 bridgehead atoms. The van der Waals surface area contributed by atoms with E-state index in [9.17, 15) is 0 Å². The molecule has 2 N–H and O–H groups in total. The van der Waals surface area contributed by atoms with E-state index in [1.807, 2.05) is 37.1 Å². The van der Waals surface area contributed by atoms with Gasteiger partial charge in [-0.05, 0) is 36.7 Å². The van der Waals surface area contributed by atoms with Gasteiger partial charge in [-0.2, -0.15) is 4.57 Å². The molecule has 0 aliphatic carbocycles. The molecule has 3 aromatic rings. The molecule has 0 radical (unpaired) electrons. The second-order valence-corrected chi connectivity index (χ2v) is 10.3. The first kappa shape index (κ1) is 29.5. The Labute approximate surface area is 228 Å². The summed E-state index contributed by atoms with van der Waals surface area (Å²) < 4.78 is 9.37. The zero-order valence-electron chi connectivity index (χ0n) is 21.3. The van der Waals surface area contributed by atoms with E-state index < -0.39 is 0 Å². The number of anilines is 1. The van der Waals surface area contributed by atoms with Gasteiger partial charge in [-0.25, -0.2) is 0 Å². The second-order valence-electron chi connectivity index (χ2n) is 7.97. The van der Waals surface area contributed by atoms with Crippen molar-refractivity contribution in [3.63, 3.8) is 0 Å². The van der Waals surface area contributed by atoms with Crippen LogP contribution in [0.4, 0.5) is 5.69 Å². The van der Waals surface area contributed by atoms with Crippen molar-refractivity contribution in [2.75, 3.05) is 18.5 Å². The van der Waals surface area contributed by atoms with E-state index >= 15 is 0 Å². The number of nitrogens with two attached hydrogens (primary N) is 1.